The van der Waals surface area contributed by atoms with Gasteiger partial charge in [-0.1, -0.05) is 42.5 Å². The monoisotopic (exact) mass is 297 g/mol. The highest BCUT2D eigenvalue weighted by molar-refractivity contribution is 6.05. The van der Waals surface area contributed by atoms with E-state index in [1.165, 1.54) is 4.90 Å². The summed E-state index contributed by atoms with van der Waals surface area (Å²) in [6.07, 6.45) is 2.08. The molecule has 22 heavy (non-hydrogen) atoms. The first-order valence-electron chi connectivity index (χ1n) is 7.05. The van der Waals surface area contributed by atoms with Crippen LogP contribution in [0.15, 0.2) is 60.7 Å². The lowest BCUT2D eigenvalue weighted by Crippen LogP contribution is -2.62. The maximum absolute atomic E-state index is 13.9. The molecule has 4 heteroatoms. The molecule has 0 saturated carbocycles. The summed E-state index contributed by atoms with van der Waals surface area (Å²) in [4.78, 5) is 13.3. The first kappa shape index (κ1) is 14.3. The highest BCUT2D eigenvalue weighted by Gasteiger charge is 2.47. The van der Waals surface area contributed by atoms with Crippen molar-refractivity contribution in [3.05, 3.63) is 66.2 Å². The third-order valence-corrected chi connectivity index (χ3v) is 3.71. The molecular formula is C18H16FNO2. The molecule has 1 saturated heterocycles. The Hall–Kier alpha value is -2.62. The van der Waals surface area contributed by atoms with Crippen LogP contribution >= 0.6 is 0 Å². The number of ether oxygens (including phenoxy) is 1. The lowest BCUT2D eigenvalue weighted by molar-refractivity contribution is -0.130. The summed E-state index contributed by atoms with van der Waals surface area (Å²) >= 11 is 0. The number of halogens is 1. The van der Waals surface area contributed by atoms with Crippen LogP contribution in [-0.4, -0.2) is 25.2 Å². The minimum absolute atomic E-state index is 0.507. The molecule has 3 rings (SSSR count). The van der Waals surface area contributed by atoms with Gasteiger partial charge in [-0.25, -0.2) is 4.39 Å². The van der Waals surface area contributed by atoms with Crippen LogP contribution in [0.25, 0.3) is 6.08 Å². The Balaban J connectivity index is 1.80. The summed E-state index contributed by atoms with van der Waals surface area (Å²) in [7, 11) is 1.58. The zero-order valence-electron chi connectivity index (χ0n) is 12.1. The van der Waals surface area contributed by atoms with Gasteiger partial charge in [-0.15, -0.1) is 0 Å². The standard InChI is InChI=1S/C18H16FNO2/c1-22-15-10-8-14(9-11-15)20-16(17(19)18(20)21)12-7-13-5-3-2-4-6-13/h2-12,16-17H,1H3/b12-7+. The maximum atomic E-state index is 13.9. The van der Waals surface area contributed by atoms with Crippen molar-refractivity contribution in [2.45, 2.75) is 12.2 Å². The van der Waals surface area contributed by atoms with Gasteiger partial charge in [0.25, 0.3) is 5.91 Å². The maximum Gasteiger partial charge on any atom is 0.264 e. The number of hydrogen-bond acceptors (Lipinski definition) is 2. The average molecular weight is 297 g/mol. The number of methoxy groups -OCH3 is 1. The van der Waals surface area contributed by atoms with E-state index < -0.39 is 18.1 Å². The van der Waals surface area contributed by atoms with Gasteiger partial charge in [0, 0.05) is 5.69 Å². The molecule has 0 radical (unpaired) electrons. The van der Waals surface area contributed by atoms with Crippen molar-refractivity contribution in [1.29, 1.82) is 0 Å². The molecule has 1 amide bonds. The predicted octanol–water partition coefficient (Wildman–Crippen LogP) is 3.46. The Morgan fingerprint density at radius 1 is 1.09 bits per heavy atom. The Morgan fingerprint density at radius 3 is 2.41 bits per heavy atom. The van der Waals surface area contributed by atoms with E-state index in [0.29, 0.717) is 11.4 Å². The van der Waals surface area contributed by atoms with Gasteiger partial charge < -0.3 is 4.74 Å². The average Bonchev–Trinajstić information content (AvgIpc) is 2.59. The van der Waals surface area contributed by atoms with Crippen molar-refractivity contribution >= 4 is 17.7 Å². The second-order valence-electron chi connectivity index (χ2n) is 5.07. The third kappa shape index (κ3) is 2.60. The summed E-state index contributed by atoms with van der Waals surface area (Å²) in [6.45, 7) is 0. The first-order valence-corrected chi connectivity index (χ1v) is 7.05. The minimum atomic E-state index is -1.48. The van der Waals surface area contributed by atoms with Crippen molar-refractivity contribution in [3.8, 4) is 5.75 Å². The molecule has 0 aliphatic carbocycles. The Kier molecular flexibility index (Phi) is 3.92. The molecule has 112 valence electrons. The van der Waals surface area contributed by atoms with Crippen molar-refractivity contribution in [2.75, 3.05) is 12.0 Å². The van der Waals surface area contributed by atoms with Crippen molar-refractivity contribution in [2.24, 2.45) is 0 Å². The molecule has 1 aliphatic rings. The van der Waals surface area contributed by atoms with Gasteiger partial charge in [0.05, 0.1) is 13.2 Å². The van der Waals surface area contributed by atoms with E-state index in [1.807, 2.05) is 36.4 Å². The third-order valence-electron chi connectivity index (χ3n) is 3.71. The summed E-state index contributed by atoms with van der Waals surface area (Å²) in [5.41, 5.74) is 1.64. The molecule has 1 heterocycles. The van der Waals surface area contributed by atoms with Gasteiger partial charge in [-0.2, -0.15) is 0 Å². The molecule has 2 unspecified atom stereocenters. The van der Waals surface area contributed by atoms with Crippen LogP contribution in [0.1, 0.15) is 5.56 Å². The molecule has 2 atom stereocenters. The van der Waals surface area contributed by atoms with Crippen LogP contribution in [0, 0.1) is 0 Å². The number of carbonyl (C=O) groups is 1. The van der Waals surface area contributed by atoms with Crippen molar-refractivity contribution in [1.82, 2.24) is 0 Å². The molecular weight excluding hydrogens is 281 g/mol. The quantitative estimate of drug-likeness (QED) is 0.809. The lowest BCUT2D eigenvalue weighted by Gasteiger charge is -2.41. The highest BCUT2D eigenvalue weighted by atomic mass is 19.1. The molecule has 3 nitrogen and oxygen atoms in total. The van der Waals surface area contributed by atoms with Crippen LogP contribution in [0.5, 0.6) is 5.75 Å². The molecule has 0 spiro atoms. The predicted molar refractivity (Wildman–Crippen MR) is 84.6 cm³/mol. The minimum Gasteiger partial charge on any atom is -0.497 e. The molecule has 1 aliphatic heterocycles. The van der Waals surface area contributed by atoms with Crippen molar-refractivity contribution in [3.63, 3.8) is 0 Å². The van der Waals surface area contributed by atoms with Crippen LogP contribution < -0.4 is 9.64 Å². The van der Waals surface area contributed by atoms with Gasteiger partial charge in [0.1, 0.15) is 5.75 Å². The number of nitrogens with zero attached hydrogens (tertiary/aromatic N) is 1. The first-order chi connectivity index (χ1) is 10.7. The van der Waals surface area contributed by atoms with E-state index in [9.17, 15) is 9.18 Å². The number of alkyl halides is 1. The molecule has 1 fully saturated rings. The molecule has 2 aromatic rings. The summed E-state index contributed by atoms with van der Waals surface area (Å²) < 4.78 is 19.0. The summed E-state index contributed by atoms with van der Waals surface area (Å²) in [6, 6.07) is 16.1. The Morgan fingerprint density at radius 2 is 1.77 bits per heavy atom. The molecule has 0 bridgehead atoms. The van der Waals surface area contributed by atoms with Gasteiger partial charge in [0.2, 0.25) is 6.17 Å². The number of rotatable bonds is 4. The number of anilines is 1. The molecule has 0 N–H and O–H groups in total. The SMILES string of the molecule is COc1ccc(N2C(=O)C(F)C2/C=C/c2ccccc2)cc1. The fraction of sp³-hybridized carbons (Fsp3) is 0.167. The number of benzene rings is 2. The van der Waals surface area contributed by atoms with Gasteiger partial charge in [-0.3, -0.25) is 9.69 Å². The number of amides is 1. The second-order valence-corrected chi connectivity index (χ2v) is 5.07. The van der Waals surface area contributed by atoms with Crippen LogP contribution in [0.2, 0.25) is 0 Å². The number of β-lactam (4-membered cyclic amide) rings is 1. The molecule has 0 aromatic heterocycles. The van der Waals surface area contributed by atoms with E-state index in [-0.39, 0.29) is 0 Å². The van der Waals surface area contributed by atoms with Gasteiger partial charge >= 0.3 is 0 Å². The Bertz CT molecular complexity index is 682. The van der Waals surface area contributed by atoms with Gasteiger partial charge in [-0.05, 0) is 29.8 Å². The number of carbonyl (C=O) groups excluding carboxylic acids is 1. The van der Waals surface area contributed by atoms with E-state index in [0.717, 1.165) is 5.56 Å². The van der Waals surface area contributed by atoms with Crippen molar-refractivity contribution < 1.29 is 13.9 Å². The topological polar surface area (TPSA) is 29.5 Å². The normalized spacial score (nSPS) is 21.0. The largest absolute Gasteiger partial charge is 0.497 e. The molecule has 2 aromatic carbocycles. The highest BCUT2D eigenvalue weighted by Crippen LogP contribution is 2.32. The lowest BCUT2D eigenvalue weighted by atomic mass is 9.97. The van der Waals surface area contributed by atoms with E-state index in [1.54, 1.807) is 37.5 Å². The zero-order valence-corrected chi connectivity index (χ0v) is 12.1. The van der Waals surface area contributed by atoms with Crippen LogP contribution in [0.4, 0.5) is 10.1 Å². The summed E-state index contributed by atoms with van der Waals surface area (Å²) in [5.74, 6) is 0.192. The smallest absolute Gasteiger partial charge is 0.264 e. The Labute approximate surface area is 128 Å². The van der Waals surface area contributed by atoms with E-state index >= 15 is 0 Å². The fourth-order valence-electron chi connectivity index (χ4n) is 2.47. The van der Waals surface area contributed by atoms with E-state index in [4.69, 9.17) is 4.74 Å². The second kappa shape index (κ2) is 6.02. The fourth-order valence-corrected chi connectivity index (χ4v) is 2.47. The summed E-state index contributed by atoms with van der Waals surface area (Å²) in [5, 5.41) is 0. The zero-order chi connectivity index (χ0) is 15.5. The van der Waals surface area contributed by atoms with Crippen LogP contribution in [-0.2, 0) is 4.79 Å². The van der Waals surface area contributed by atoms with E-state index in [2.05, 4.69) is 0 Å². The van der Waals surface area contributed by atoms with Gasteiger partial charge in [0.15, 0.2) is 0 Å². The van der Waals surface area contributed by atoms with Crippen LogP contribution in [0.3, 0.4) is 0 Å². The number of hydrogen-bond donors (Lipinski definition) is 0.